The molecule has 5 heteroatoms. The standard InChI is InChI=1S/C18H18FNO2S/c1-13(14-6-9-17(19)10-7-14)20-23(21,22)18-11-8-15-4-2-3-5-16(15)12-18/h2-7,9-10,12-13,20H,8,11H2,1H3/t13-/m0/s1. The van der Waals surface area contributed by atoms with Crippen LogP contribution in [0.5, 0.6) is 0 Å². The Morgan fingerprint density at radius 2 is 1.74 bits per heavy atom. The van der Waals surface area contributed by atoms with Crippen LogP contribution in [0.4, 0.5) is 4.39 Å². The molecule has 3 rings (SSSR count). The van der Waals surface area contributed by atoms with Crippen LogP contribution < -0.4 is 4.72 Å². The molecule has 2 aromatic carbocycles. The average molecular weight is 331 g/mol. The number of rotatable bonds is 4. The largest absolute Gasteiger partial charge is 0.237 e. The van der Waals surface area contributed by atoms with E-state index >= 15 is 0 Å². The predicted molar refractivity (Wildman–Crippen MR) is 89.6 cm³/mol. The normalized spacial score (nSPS) is 15.7. The van der Waals surface area contributed by atoms with E-state index in [2.05, 4.69) is 4.72 Å². The van der Waals surface area contributed by atoms with Gasteiger partial charge in [0.2, 0.25) is 10.0 Å². The lowest BCUT2D eigenvalue weighted by atomic mass is 9.98. The van der Waals surface area contributed by atoms with Gasteiger partial charge in [0.15, 0.2) is 0 Å². The van der Waals surface area contributed by atoms with Crippen molar-refractivity contribution in [2.75, 3.05) is 0 Å². The van der Waals surface area contributed by atoms with E-state index in [4.69, 9.17) is 0 Å². The second kappa shape index (κ2) is 6.26. The van der Waals surface area contributed by atoms with Gasteiger partial charge in [-0.25, -0.2) is 17.5 Å². The van der Waals surface area contributed by atoms with Gasteiger partial charge in [0, 0.05) is 6.04 Å². The third-order valence-electron chi connectivity index (χ3n) is 4.06. The Morgan fingerprint density at radius 1 is 1.04 bits per heavy atom. The van der Waals surface area contributed by atoms with Crippen molar-refractivity contribution >= 4 is 16.1 Å². The highest BCUT2D eigenvalue weighted by Crippen LogP contribution is 2.27. The molecule has 0 aromatic heterocycles. The summed E-state index contributed by atoms with van der Waals surface area (Å²) in [5.74, 6) is -0.338. The van der Waals surface area contributed by atoms with Gasteiger partial charge in [-0.05, 0) is 54.7 Å². The number of aryl methyl sites for hydroxylation is 1. The lowest BCUT2D eigenvalue weighted by molar-refractivity contribution is 0.571. The van der Waals surface area contributed by atoms with Gasteiger partial charge in [-0.2, -0.15) is 0 Å². The molecular weight excluding hydrogens is 313 g/mol. The van der Waals surface area contributed by atoms with Gasteiger partial charge in [0.1, 0.15) is 5.82 Å². The second-order valence-electron chi connectivity index (χ2n) is 5.70. The molecule has 2 aromatic rings. The van der Waals surface area contributed by atoms with E-state index in [0.717, 1.165) is 16.7 Å². The Morgan fingerprint density at radius 3 is 2.48 bits per heavy atom. The summed E-state index contributed by atoms with van der Waals surface area (Å²) in [7, 11) is -3.57. The van der Waals surface area contributed by atoms with Crippen molar-refractivity contribution in [1.29, 1.82) is 0 Å². The fourth-order valence-corrected chi connectivity index (χ4v) is 4.15. The van der Waals surface area contributed by atoms with E-state index in [1.165, 1.54) is 12.1 Å². The summed E-state index contributed by atoms with van der Waals surface area (Å²) >= 11 is 0. The van der Waals surface area contributed by atoms with Crippen LogP contribution in [0, 0.1) is 5.82 Å². The van der Waals surface area contributed by atoms with Crippen molar-refractivity contribution in [1.82, 2.24) is 4.72 Å². The molecule has 0 radical (unpaired) electrons. The first-order valence-corrected chi connectivity index (χ1v) is 9.00. The number of fused-ring (bicyclic) bond motifs is 1. The van der Waals surface area contributed by atoms with Crippen molar-refractivity contribution in [3.63, 3.8) is 0 Å². The number of sulfonamides is 1. The molecule has 0 spiro atoms. The molecule has 0 aliphatic heterocycles. The van der Waals surface area contributed by atoms with Crippen LogP contribution in [0.1, 0.15) is 36.1 Å². The third kappa shape index (κ3) is 3.51. The summed E-state index contributed by atoms with van der Waals surface area (Å²) in [6, 6.07) is 13.2. The minimum Gasteiger partial charge on any atom is -0.207 e. The maximum absolute atomic E-state index is 13.0. The zero-order valence-corrected chi connectivity index (χ0v) is 13.6. The molecule has 1 atom stereocenters. The van der Waals surface area contributed by atoms with E-state index in [0.29, 0.717) is 17.7 Å². The van der Waals surface area contributed by atoms with Crippen molar-refractivity contribution < 1.29 is 12.8 Å². The van der Waals surface area contributed by atoms with Gasteiger partial charge >= 0.3 is 0 Å². The molecule has 0 bridgehead atoms. The molecule has 0 amide bonds. The number of benzene rings is 2. The first-order chi connectivity index (χ1) is 11.0. The highest BCUT2D eigenvalue weighted by atomic mass is 32.2. The second-order valence-corrected chi connectivity index (χ2v) is 7.47. The van der Waals surface area contributed by atoms with Crippen LogP contribution in [0.2, 0.25) is 0 Å². The molecule has 1 N–H and O–H groups in total. The fourth-order valence-electron chi connectivity index (χ4n) is 2.75. The molecule has 0 fully saturated rings. The zero-order valence-electron chi connectivity index (χ0n) is 12.8. The van der Waals surface area contributed by atoms with Crippen LogP contribution in [0.15, 0.2) is 53.4 Å². The van der Waals surface area contributed by atoms with E-state index in [-0.39, 0.29) is 5.82 Å². The molecule has 0 saturated heterocycles. The van der Waals surface area contributed by atoms with Crippen molar-refractivity contribution in [2.45, 2.75) is 25.8 Å². The van der Waals surface area contributed by atoms with Crippen LogP contribution in [0.3, 0.4) is 0 Å². The summed E-state index contributed by atoms with van der Waals surface area (Å²) < 4.78 is 40.8. The molecular formula is C18H18FNO2S. The molecule has 0 saturated carbocycles. The van der Waals surface area contributed by atoms with Gasteiger partial charge in [0.05, 0.1) is 4.91 Å². The SMILES string of the molecule is C[C@H](NS(=O)(=O)C1=Cc2ccccc2CC1)c1ccc(F)cc1. The molecule has 1 aliphatic rings. The van der Waals surface area contributed by atoms with Crippen molar-refractivity contribution in [3.05, 3.63) is 75.9 Å². The first kappa shape index (κ1) is 15.9. The first-order valence-electron chi connectivity index (χ1n) is 7.52. The number of allylic oxidation sites excluding steroid dienone is 1. The summed E-state index contributed by atoms with van der Waals surface area (Å²) in [5.41, 5.74) is 2.85. The minimum atomic E-state index is -3.57. The maximum atomic E-state index is 13.0. The maximum Gasteiger partial charge on any atom is 0.237 e. The van der Waals surface area contributed by atoms with E-state index in [1.54, 1.807) is 25.1 Å². The number of halogens is 1. The molecule has 3 nitrogen and oxygen atoms in total. The third-order valence-corrected chi connectivity index (χ3v) is 5.74. The van der Waals surface area contributed by atoms with Crippen LogP contribution in [-0.2, 0) is 16.4 Å². The predicted octanol–water partition coefficient (Wildman–Crippen LogP) is 3.79. The van der Waals surface area contributed by atoms with Gasteiger partial charge < -0.3 is 0 Å². The number of hydrogen-bond acceptors (Lipinski definition) is 2. The van der Waals surface area contributed by atoms with Crippen molar-refractivity contribution in [3.8, 4) is 0 Å². The van der Waals surface area contributed by atoms with Gasteiger partial charge in [-0.1, -0.05) is 36.4 Å². The summed E-state index contributed by atoms with van der Waals surface area (Å²) in [5, 5.41) is 0. The quantitative estimate of drug-likeness (QED) is 0.926. The summed E-state index contributed by atoms with van der Waals surface area (Å²) in [4.78, 5) is 0.394. The molecule has 120 valence electrons. The average Bonchev–Trinajstić information content (AvgIpc) is 2.54. The molecule has 0 heterocycles. The Labute approximate surface area is 135 Å². The van der Waals surface area contributed by atoms with Crippen LogP contribution in [0.25, 0.3) is 6.08 Å². The molecule has 0 unspecified atom stereocenters. The topological polar surface area (TPSA) is 46.2 Å². The van der Waals surface area contributed by atoms with Crippen LogP contribution >= 0.6 is 0 Å². The van der Waals surface area contributed by atoms with Gasteiger partial charge in [0.25, 0.3) is 0 Å². The molecule has 1 aliphatic carbocycles. The highest BCUT2D eigenvalue weighted by Gasteiger charge is 2.23. The molecule has 23 heavy (non-hydrogen) atoms. The smallest absolute Gasteiger partial charge is 0.207 e. The monoisotopic (exact) mass is 331 g/mol. The Bertz CT molecular complexity index is 842. The highest BCUT2D eigenvalue weighted by molar-refractivity contribution is 7.93. The van der Waals surface area contributed by atoms with Gasteiger partial charge in [-0.15, -0.1) is 0 Å². The summed E-state index contributed by atoms with van der Waals surface area (Å²) in [6.45, 7) is 1.75. The minimum absolute atomic E-state index is 0.338. The lowest BCUT2D eigenvalue weighted by Gasteiger charge is -2.20. The van der Waals surface area contributed by atoms with Gasteiger partial charge in [-0.3, -0.25) is 0 Å². The summed E-state index contributed by atoms with van der Waals surface area (Å²) in [6.07, 6.45) is 2.94. The van der Waals surface area contributed by atoms with Crippen LogP contribution in [-0.4, -0.2) is 8.42 Å². The zero-order chi connectivity index (χ0) is 16.4. The fraction of sp³-hybridized carbons (Fsp3) is 0.222. The van der Waals surface area contributed by atoms with E-state index in [9.17, 15) is 12.8 Å². The number of hydrogen-bond donors (Lipinski definition) is 1. The van der Waals surface area contributed by atoms with E-state index < -0.39 is 16.1 Å². The Balaban J connectivity index is 1.82. The lowest BCUT2D eigenvalue weighted by Crippen LogP contribution is -2.28. The van der Waals surface area contributed by atoms with E-state index in [1.807, 2.05) is 24.3 Å². The Kier molecular flexibility index (Phi) is 4.33. The van der Waals surface area contributed by atoms with Crippen molar-refractivity contribution in [2.24, 2.45) is 0 Å². The number of nitrogens with one attached hydrogen (secondary N) is 1. The Hall–Kier alpha value is -1.98.